The number of rotatable bonds is 7. The molecule has 2 aromatic rings. The molecule has 0 saturated carbocycles. The highest BCUT2D eigenvalue weighted by Crippen LogP contribution is 2.33. The highest BCUT2D eigenvalue weighted by molar-refractivity contribution is 5.75. The molecule has 0 aliphatic rings. The van der Waals surface area contributed by atoms with Gasteiger partial charge in [0, 0.05) is 31.6 Å². The van der Waals surface area contributed by atoms with Crippen LogP contribution in [0, 0.1) is 0 Å². The first-order chi connectivity index (χ1) is 11.9. The molecule has 1 atom stereocenters. The van der Waals surface area contributed by atoms with E-state index in [1.165, 1.54) is 0 Å². The van der Waals surface area contributed by atoms with Gasteiger partial charge in [-0.15, -0.1) is 0 Å². The molecule has 5 nitrogen and oxygen atoms in total. The van der Waals surface area contributed by atoms with Crippen molar-refractivity contribution < 1.29 is 9.32 Å². The fourth-order valence-electron chi connectivity index (χ4n) is 2.75. The standard InChI is InChI=1S/C20H29N3O2/c1-7-15(4)23(16(5)24)13-18-19(17-11-9-8-10-12-17)21-25-20(18)22(6)14(2)3/h8-12,14-15H,7,13H2,1-6H3. The van der Waals surface area contributed by atoms with Gasteiger partial charge in [0.25, 0.3) is 0 Å². The first-order valence-corrected chi connectivity index (χ1v) is 8.90. The summed E-state index contributed by atoms with van der Waals surface area (Å²) in [7, 11) is 1.99. The predicted molar refractivity (Wildman–Crippen MR) is 101 cm³/mol. The lowest BCUT2D eigenvalue weighted by Crippen LogP contribution is -2.37. The Hall–Kier alpha value is -2.30. The third-order valence-electron chi connectivity index (χ3n) is 4.77. The molecule has 0 saturated heterocycles. The third-order valence-corrected chi connectivity index (χ3v) is 4.77. The van der Waals surface area contributed by atoms with Crippen LogP contribution in [0.1, 0.15) is 46.6 Å². The van der Waals surface area contributed by atoms with Crippen LogP contribution in [-0.4, -0.2) is 35.1 Å². The van der Waals surface area contributed by atoms with Gasteiger partial charge in [-0.25, -0.2) is 0 Å². The predicted octanol–water partition coefficient (Wildman–Crippen LogP) is 4.33. The maximum atomic E-state index is 12.2. The van der Waals surface area contributed by atoms with Gasteiger partial charge in [0.05, 0.1) is 12.1 Å². The number of aromatic nitrogens is 1. The van der Waals surface area contributed by atoms with Crippen LogP contribution in [0.2, 0.25) is 0 Å². The lowest BCUT2D eigenvalue weighted by Gasteiger charge is -2.29. The van der Waals surface area contributed by atoms with Crippen molar-refractivity contribution in [2.24, 2.45) is 0 Å². The number of nitrogens with zero attached hydrogens (tertiary/aromatic N) is 3. The minimum atomic E-state index is 0.0627. The van der Waals surface area contributed by atoms with Crippen LogP contribution in [0.3, 0.4) is 0 Å². The first kappa shape index (κ1) is 19.0. The molecule has 0 N–H and O–H groups in total. The molecule has 5 heteroatoms. The lowest BCUT2D eigenvalue weighted by atomic mass is 10.1. The number of hydrogen-bond acceptors (Lipinski definition) is 4. The maximum Gasteiger partial charge on any atom is 0.232 e. The van der Waals surface area contributed by atoms with Gasteiger partial charge in [-0.3, -0.25) is 4.79 Å². The third kappa shape index (κ3) is 4.21. The summed E-state index contributed by atoms with van der Waals surface area (Å²) in [6.45, 7) is 10.5. The second-order valence-corrected chi connectivity index (χ2v) is 6.79. The van der Waals surface area contributed by atoms with E-state index in [2.05, 4.69) is 37.8 Å². The van der Waals surface area contributed by atoms with Crippen molar-refractivity contribution in [2.75, 3.05) is 11.9 Å². The van der Waals surface area contributed by atoms with Crippen LogP contribution in [0.4, 0.5) is 5.88 Å². The Balaban J connectivity index is 2.51. The minimum Gasteiger partial charge on any atom is -0.341 e. The fraction of sp³-hybridized carbons (Fsp3) is 0.500. The Morgan fingerprint density at radius 2 is 1.84 bits per heavy atom. The molecule has 1 aromatic heterocycles. The maximum absolute atomic E-state index is 12.2. The van der Waals surface area contributed by atoms with Crippen molar-refractivity contribution >= 4 is 11.8 Å². The molecular weight excluding hydrogens is 314 g/mol. The van der Waals surface area contributed by atoms with Crippen molar-refractivity contribution in [3.63, 3.8) is 0 Å². The van der Waals surface area contributed by atoms with Crippen molar-refractivity contribution in [1.82, 2.24) is 10.1 Å². The number of amides is 1. The average molecular weight is 343 g/mol. The zero-order valence-corrected chi connectivity index (χ0v) is 16.1. The summed E-state index contributed by atoms with van der Waals surface area (Å²) < 4.78 is 5.71. The van der Waals surface area contributed by atoms with E-state index in [1.54, 1.807) is 6.92 Å². The summed E-state index contributed by atoms with van der Waals surface area (Å²) in [6.07, 6.45) is 0.904. The smallest absolute Gasteiger partial charge is 0.232 e. The minimum absolute atomic E-state index is 0.0627. The molecule has 0 spiro atoms. The van der Waals surface area contributed by atoms with Gasteiger partial charge in [-0.2, -0.15) is 0 Å². The van der Waals surface area contributed by atoms with E-state index in [4.69, 9.17) is 4.52 Å². The first-order valence-electron chi connectivity index (χ1n) is 8.90. The highest BCUT2D eigenvalue weighted by atomic mass is 16.5. The van der Waals surface area contributed by atoms with Crippen LogP contribution in [0.25, 0.3) is 11.3 Å². The Labute approximate surface area is 150 Å². The molecule has 25 heavy (non-hydrogen) atoms. The van der Waals surface area contributed by atoms with Crippen molar-refractivity contribution in [1.29, 1.82) is 0 Å². The second-order valence-electron chi connectivity index (χ2n) is 6.79. The number of carbonyl (C=O) groups is 1. The Bertz CT molecular complexity index is 694. The zero-order chi connectivity index (χ0) is 18.6. The molecule has 1 aromatic carbocycles. The zero-order valence-electron chi connectivity index (χ0n) is 16.1. The normalized spacial score (nSPS) is 12.3. The van der Waals surface area contributed by atoms with Crippen LogP contribution < -0.4 is 4.90 Å². The molecule has 2 rings (SSSR count). The van der Waals surface area contributed by atoms with E-state index in [-0.39, 0.29) is 18.0 Å². The van der Waals surface area contributed by atoms with Crippen molar-refractivity contribution in [3.05, 3.63) is 35.9 Å². The molecule has 0 bridgehead atoms. The van der Waals surface area contributed by atoms with E-state index in [9.17, 15) is 4.79 Å². The summed E-state index contributed by atoms with van der Waals surface area (Å²) in [5.41, 5.74) is 2.76. The molecular formula is C20H29N3O2. The van der Waals surface area contributed by atoms with Crippen LogP contribution in [0.5, 0.6) is 0 Å². The Kier molecular flexibility index (Phi) is 6.23. The summed E-state index contributed by atoms with van der Waals surface area (Å²) >= 11 is 0. The summed E-state index contributed by atoms with van der Waals surface area (Å²) in [5, 5.41) is 4.33. The van der Waals surface area contributed by atoms with E-state index in [0.717, 1.165) is 29.1 Å². The van der Waals surface area contributed by atoms with E-state index in [0.29, 0.717) is 6.54 Å². The number of anilines is 1. The fourth-order valence-corrected chi connectivity index (χ4v) is 2.75. The molecule has 1 unspecified atom stereocenters. The molecule has 0 radical (unpaired) electrons. The molecule has 136 valence electrons. The highest BCUT2D eigenvalue weighted by Gasteiger charge is 2.26. The van der Waals surface area contributed by atoms with Crippen molar-refractivity contribution in [2.45, 2.75) is 59.7 Å². The number of hydrogen-bond donors (Lipinski definition) is 0. The lowest BCUT2D eigenvalue weighted by molar-refractivity contribution is -0.131. The number of carbonyl (C=O) groups excluding carboxylic acids is 1. The molecule has 1 amide bonds. The van der Waals surface area contributed by atoms with Gasteiger partial charge in [0.15, 0.2) is 0 Å². The quantitative estimate of drug-likeness (QED) is 0.751. The van der Waals surface area contributed by atoms with Crippen LogP contribution in [0.15, 0.2) is 34.9 Å². The van der Waals surface area contributed by atoms with Gasteiger partial charge < -0.3 is 14.3 Å². The summed E-state index contributed by atoms with van der Waals surface area (Å²) in [4.78, 5) is 16.1. The van der Waals surface area contributed by atoms with Gasteiger partial charge in [0.2, 0.25) is 11.8 Å². The van der Waals surface area contributed by atoms with Crippen LogP contribution in [-0.2, 0) is 11.3 Å². The molecule has 0 aliphatic heterocycles. The Morgan fingerprint density at radius 3 is 2.36 bits per heavy atom. The summed E-state index contributed by atoms with van der Waals surface area (Å²) in [6, 6.07) is 10.4. The van der Waals surface area contributed by atoms with E-state index >= 15 is 0 Å². The molecule has 1 heterocycles. The van der Waals surface area contributed by atoms with Gasteiger partial charge in [0.1, 0.15) is 5.69 Å². The van der Waals surface area contributed by atoms with Crippen LogP contribution >= 0.6 is 0 Å². The molecule has 0 aliphatic carbocycles. The van der Waals surface area contributed by atoms with Gasteiger partial charge >= 0.3 is 0 Å². The van der Waals surface area contributed by atoms with Gasteiger partial charge in [-0.05, 0) is 27.2 Å². The Morgan fingerprint density at radius 1 is 1.20 bits per heavy atom. The summed E-state index contributed by atoms with van der Waals surface area (Å²) in [5.74, 6) is 0.788. The monoisotopic (exact) mass is 343 g/mol. The van der Waals surface area contributed by atoms with Crippen molar-refractivity contribution in [3.8, 4) is 11.3 Å². The largest absolute Gasteiger partial charge is 0.341 e. The SMILES string of the molecule is CCC(C)N(Cc1c(-c2ccccc2)noc1N(C)C(C)C)C(C)=O. The molecule has 0 fully saturated rings. The second kappa shape index (κ2) is 8.19. The average Bonchev–Trinajstić information content (AvgIpc) is 3.02. The van der Waals surface area contributed by atoms with E-state index < -0.39 is 0 Å². The van der Waals surface area contributed by atoms with E-state index in [1.807, 2.05) is 42.3 Å². The topological polar surface area (TPSA) is 49.6 Å². The number of benzene rings is 1. The van der Waals surface area contributed by atoms with Gasteiger partial charge in [-0.1, -0.05) is 42.4 Å².